The molecule has 2 aromatic carbocycles. The second-order valence-electron chi connectivity index (χ2n) is 7.17. The molecule has 150 valence electrons. The number of amides is 1. The molecule has 1 fully saturated rings. The molecule has 0 spiro atoms. The third kappa shape index (κ3) is 4.97. The molecule has 1 aliphatic rings. The minimum atomic E-state index is -1.41. The highest BCUT2D eigenvalue weighted by atomic mass is 16.4. The molecule has 3 rings (SSSR count). The molecule has 0 radical (unpaired) electrons. The fourth-order valence-corrected chi connectivity index (χ4v) is 3.56. The first-order valence-electron chi connectivity index (χ1n) is 9.35. The van der Waals surface area contributed by atoms with Crippen LogP contribution in [0.2, 0.25) is 0 Å². The standard InChI is InChI=1S/C14H20N2O.C8H8O3/c1-11(12-7-4-3-5-8-12)16-10-6-9-14(16,2)13(15)17;9-7(8(10)11)6-4-2-1-3-5-6/h3-5,7-8,11H,6,9-10H2,1-2H3,(H2,15,17);1-5,7,9H,(H,10,11)/t11-,14-;7-/m00/s1. The van der Waals surface area contributed by atoms with Crippen molar-refractivity contribution >= 4 is 11.9 Å². The van der Waals surface area contributed by atoms with Crippen molar-refractivity contribution < 1.29 is 19.8 Å². The maximum Gasteiger partial charge on any atom is 0.337 e. The molecule has 4 N–H and O–H groups in total. The van der Waals surface area contributed by atoms with Crippen LogP contribution in [-0.2, 0) is 9.59 Å². The number of carbonyl (C=O) groups excluding carboxylic acids is 1. The van der Waals surface area contributed by atoms with Crippen LogP contribution >= 0.6 is 0 Å². The van der Waals surface area contributed by atoms with Crippen LogP contribution in [-0.4, -0.2) is 39.1 Å². The van der Waals surface area contributed by atoms with Gasteiger partial charge in [-0.25, -0.2) is 4.79 Å². The van der Waals surface area contributed by atoms with Gasteiger partial charge in [-0.15, -0.1) is 0 Å². The lowest BCUT2D eigenvalue weighted by atomic mass is 9.95. The number of nitrogens with two attached hydrogens (primary N) is 1. The molecule has 6 nitrogen and oxygen atoms in total. The van der Waals surface area contributed by atoms with Crippen LogP contribution in [0.5, 0.6) is 0 Å². The number of likely N-dealkylation sites (tertiary alicyclic amines) is 1. The molecule has 2 aromatic rings. The maximum absolute atomic E-state index is 11.7. The predicted molar refractivity (Wildman–Crippen MR) is 107 cm³/mol. The Kier molecular flexibility index (Phi) is 7.31. The van der Waals surface area contributed by atoms with Crippen molar-refractivity contribution in [3.63, 3.8) is 0 Å². The van der Waals surface area contributed by atoms with E-state index in [1.165, 1.54) is 5.56 Å². The number of hydrogen-bond donors (Lipinski definition) is 3. The molecule has 3 atom stereocenters. The zero-order valence-corrected chi connectivity index (χ0v) is 16.3. The van der Waals surface area contributed by atoms with Crippen molar-refractivity contribution in [2.75, 3.05) is 6.54 Å². The minimum Gasteiger partial charge on any atom is -0.479 e. The molecule has 1 amide bonds. The lowest BCUT2D eigenvalue weighted by molar-refractivity contribution is -0.147. The molecule has 0 unspecified atom stereocenters. The van der Waals surface area contributed by atoms with E-state index >= 15 is 0 Å². The van der Waals surface area contributed by atoms with Crippen molar-refractivity contribution in [2.45, 2.75) is 44.4 Å². The molecule has 0 aliphatic carbocycles. The number of rotatable bonds is 5. The predicted octanol–water partition coefficient (Wildman–Crippen LogP) is 2.89. The molecule has 1 saturated heterocycles. The highest BCUT2D eigenvalue weighted by Crippen LogP contribution is 2.36. The van der Waals surface area contributed by atoms with Gasteiger partial charge in [-0.05, 0) is 44.4 Å². The van der Waals surface area contributed by atoms with E-state index in [-0.39, 0.29) is 11.9 Å². The van der Waals surface area contributed by atoms with Gasteiger partial charge in [0, 0.05) is 6.04 Å². The average Bonchev–Trinajstić information content (AvgIpc) is 3.11. The molecule has 0 saturated carbocycles. The molecule has 6 heteroatoms. The van der Waals surface area contributed by atoms with E-state index in [4.69, 9.17) is 15.9 Å². The van der Waals surface area contributed by atoms with E-state index in [0.29, 0.717) is 5.56 Å². The number of carbonyl (C=O) groups is 2. The van der Waals surface area contributed by atoms with Crippen molar-refractivity contribution in [3.8, 4) is 0 Å². The molecule has 0 aromatic heterocycles. The Morgan fingerprint density at radius 3 is 2.00 bits per heavy atom. The SMILES string of the molecule is C[C@@H](c1ccccc1)N1CCC[C@@]1(C)C(N)=O.O=C(O)[C@@H](O)c1ccccc1. The highest BCUT2D eigenvalue weighted by molar-refractivity contribution is 5.84. The summed E-state index contributed by atoms with van der Waals surface area (Å²) < 4.78 is 0. The Hall–Kier alpha value is -2.70. The van der Waals surface area contributed by atoms with Crippen LogP contribution in [0.4, 0.5) is 0 Å². The summed E-state index contributed by atoms with van der Waals surface area (Å²) in [6, 6.07) is 18.8. The quantitative estimate of drug-likeness (QED) is 0.735. The number of aliphatic hydroxyl groups excluding tert-OH is 1. The Bertz CT molecular complexity index is 782. The monoisotopic (exact) mass is 384 g/mol. The van der Waals surface area contributed by atoms with E-state index in [9.17, 15) is 9.59 Å². The number of primary amides is 1. The summed E-state index contributed by atoms with van der Waals surface area (Å²) in [6.45, 7) is 5.04. The largest absolute Gasteiger partial charge is 0.479 e. The number of carboxylic acids is 1. The van der Waals surface area contributed by atoms with E-state index in [1.54, 1.807) is 30.3 Å². The van der Waals surface area contributed by atoms with E-state index in [2.05, 4.69) is 24.0 Å². The van der Waals surface area contributed by atoms with E-state index < -0.39 is 17.6 Å². The summed E-state index contributed by atoms with van der Waals surface area (Å²) in [4.78, 5) is 24.1. The van der Waals surface area contributed by atoms with Gasteiger partial charge in [0.25, 0.3) is 0 Å². The summed E-state index contributed by atoms with van der Waals surface area (Å²) in [5.41, 5.74) is 6.71. The van der Waals surface area contributed by atoms with Gasteiger partial charge in [0.1, 0.15) is 0 Å². The molecular weight excluding hydrogens is 356 g/mol. The highest BCUT2D eigenvalue weighted by Gasteiger charge is 2.43. The Morgan fingerprint density at radius 1 is 1.04 bits per heavy atom. The first-order valence-corrected chi connectivity index (χ1v) is 9.35. The third-order valence-corrected chi connectivity index (χ3v) is 5.33. The van der Waals surface area contributed by atoms with Gasteiger partial charge >= 0.3 is 5.97 Å². The normalized spacial score (nSPS) is 21.2. The van der Waals surface area contributed by atoms with Gasteiger partial charge < -0.3 is 15.9 Å². The van der Waals surface area contributed by atoms with Crippen LogP contribution < -0.4 is 5.73 Å². The first-order chi connectivity index (χ1) is 13.3. The molecule has 1 aliphatic heterocycles. The molecule has 0 bridgehead atoms. The smallest absolute Gasteiger partial charge is 0.337 e. The van der Waals surface area contributed by atoms with Gasteiger partial charge in [0.2, 0.25) is 5.91 Å². The van der Waals surface area contributed by atoms with Gasteiger partial charge in [-0.2, -0.15) is 0 Å². The van der Waals surface area contributed by atoms with Crippen molar-refractivity contribution in [1.29, 1.82) is 0 Å². The topological polar surface area (TPSA) is 104 Å². The van der Waals surface area contributed by atoms with Gasteiger partial charge in [0.05, 0.1) is 5.54 Å². The van der Waals surface area contributed by atoms with Crippen LogP contribution in [0.25, 0.3) is 0 Å². The number of carboxylic acid groups (broad SMARTS) is 1. The van der Waals surface area contributed by atoms with Crippen LogP contribution in [0.1, 0.15) is 50.0 Å². The number of nitrogens with zero attached hydrogens (tertiary/aromatic N) is 1. The van der Waals surface area contributed by atoms with Crippen LogP contribution in [0, 0.1) is 0 Å². The number of benzene rings is 2. The number of aliphatic carboxylic acids is 1. The first kappa shape index (κ1) is 21.6. The van der Waals surface area contributed by atoms with Crippen molar-refractivity contribution in [3.05, 3.63) is 71.8 Å². The summed E-state index contributed by atoms with van der Waals surface area (Å²) in [5.74, 6) is -1.44. The van der Waals surface area contributed by atoms with E-state index in [1.807, 2.05) is 25.1 Å². The third-order valence-electron chi connectivity index (χ3n) is 5.33. The second-order valence-corrected chi connectivity index (χ2v) is 7.17. The fraction of sp³-hybridized carbons (Fsp3) is 0.364. The second kappa shape index (κ2) is 9.48. The van der Waals surface area contributed by atoms with E-state index in [0.717, 1.165) is 19.4 Å². The molecule has 1 heterocycles. The molecule has 28 heavy (non-hydrogen) atoms. The summed E-state index contributed by atoms with van der Waals surface area (Å²) in [7, 11) is 0. The Morgan fingerprint density at radius 2 is 1.54 bits per heavy atom. The summed E-state index contributed by atoms with van der Waals surface area (Å²) >= 11 is 0. The van der Waals surface area contributed by atoms with Crippen molar-refractivity contribution in [2.24, 2.45) is 5.73 Å². The zero-order valence-electron chi connectivity index (χ0n) is 16.3. The lowest BCUT2D eigenvalue weighted by Crippen LogP contribution is -2.52. The number of aliphatic hydroxyl groups is 1. The minimum absolute atomic E-state index is 0.210. The van der Waals surface area contributed by atoms with Crippen LogP contribution in [0.3, 0.4) is 0 Å². The number of hydrogen-bond acceptors (Lipinski definition) is 4. The Balaban J connectivity index is 0.000000221. The van der Waals surface area contributed by atoms with Gasteiger partial charge in [-0.3, -0.25) is 9.69 Å². The lowest BCUT2D eigenvalue weighted by Gasteiger charge is -2.37. The van der Waals surface area contributed by atoms with Gasteiger partial charge in [-0.1, -0.05) is 60.7 Å². The summed E-state index contributed by atoms with van der Waals surface area (Å²) in [5, 5.41) is 17.4. The zero-order chi connectivity index (χ0) is 20.7. The Labute approximate surface area is 165 Å². The summed E-state index contributed by atoms with van der Waals surface area (Å²) in [6.07, 6.45) is 0.493. The maximum atomic E-state index is 11.7. The average molecular weight is 384 g/mol. The van der Waals surface area contributed by atoms with Gasteiger partial charge in [0.15, 0.2) is 6.10 Å². The fourth-order valence-electron chi connectivity index (χ4n) is 3.56. The van der Waals surface area contributed by atoms with Crippen LogP contribution in [0.15, 0.2) is 60.7 Å². The van der Waals surface area contributed by atoms with Crippen molar-refractivity contribution in [1.82, 2.24) is 4.90 Å². The molecular formula is C22H28N2O4.